The molecule has 1 fully saturated rings. The van der Waals surface area contributed by atoms with Crippen molar-refractivity contribution in [2.24, 2.45) is 0 Å². The van der Waals surface area contributed by atoms with Crippen LogP contribution in [0.2, 0.25) is 0 Å². The lowest BCUT2D eigenvalue weighted by molar-refractivity contribution is -0.168. The Kier molecular flexibility index (Phi) is 5.76. The Hall–Kier alpha value is -3.60. The summed E-state index contributed by atoms with van der Waals surface area (Å²) < 4.78 is 11.1. The quantitative estimate of drug-likeness (QED) is 0.551. The minimum atomic E-state index is -1.35. The minimum Gasteiger partial charge on any atom is -0.497 e. The molecule has 3 aromatic rings. The number of carbonyl (C=O) groups is 2. The van der Waals surface area contributed by atoms with Crippen molar-refractivity contribution in [3.8, 4) is 5.75 Å². The van der Waals surface area contributed by atoms with Crippen molar-refractivity contribution in [1.29, 1.82) is 0 Å². The summed E-state index contributed by atoms with van der Waals surface area (Å²) in [6, 6.07) is 26.6. The molecule has 31 heavy (non-hydrogen) atoms. The fraction of sp³-hybridized carbons (Fsp3) is 0.231. The Balaban J connectivity index is 1.78. The third-order valence-electron chi connectivity index (χ3n) is 5.72. The molecule has 4 rings (SSSR count). The number of nitrogens with zero attached hydrogens (tertiary/aromatic N) is 1. The standard InChI is InChI=1S/C26H25NO4/c1-19(28)31-26(22-11-7-4-8-12-22)17-24(21-9-5-3-6-10-21)27(25(26)29)18-20-13-15-23(30-2)16-14-20/h3-16,24H,17-18H2,1-2H3/t24-,26-/m0/s1. The van der Waals surface area contributed by atoms with Crippen molar-refractivity contribution >= 4 is 11.9 Å². The number of amides is 1. The molecule has 0 aliphatic carbocycles. The highest BCUT2D eigenvalue weighted by atomic mass is 16.6. The molecule has 158 valence electrons. The number of rotatable bonds is 6. The molecular weight excluding hydrogens is 390 g/mol. The van der Waals surface area contributed by atoms with Crippen molar-refractivity contribution in [2.75, 3.05) is 7.11 Å². The summed E-state index contributed by atoms with van der Waals surface area (Å²) in [5.74, 6) is 0.0727. The van der Waals surface area contributed by atoms with E-state index in [0.717, 1.165) is 16.9 Å². The largest absolute Gasteiger partial charge is 0.497 e. The third kappa shape index (κ3) is 4.04. The minimum absolute atomic E-state index is 0.210. The Morgan fingerprint density at radius 1 is 0.968 bits per heavy atom. The summed E-state index contributed by atoms with van der Waals surface area (Å²) in [5, 5.41) is 0. The molecule has 0 radical (unpaired) electrons. The van der Waals surface area contributed by atoms with Gasteiger partial charge in [0.2, 0.25) is 5.60 Å². The highest BCUT2D eigenvalue weighted by molar-refractivity contribution is 5.91. The molecule has 0 unspecified atom stereocenters. The van der Waals surface area contributed by atoms with Gasteiger partial charge in [-0.15, -0.1) is 0 Å². The summed E-state index contributed by atoms with van der Waals surface area (Å²) in [5.41, 5.74) is 1.32. The first-order valence-electron chi connectivity index (χ1n) is 10.3. The van der Waals surface area contributed by atoms with Crippen molar-refractivity contribution in [3.05, 3.63) is 102 Å². The highest BCUT2D eigenvalue weighted by Gasteiger charge is 2.55. The SMILES string of the molecule is COc1ccc(CN2C(=O)[C@@](OC(C)=O)(c3ccccc3)C[C@H]2c2ccccc2)cc1. The maximum atomic E-state index is 13.9. The van der Waals surface area contributed by atoms with E-state index in [1.54, 1.807) is 7.11 Å². The van der Waals surface area contributed by atoms with E-state index in [4.69, 9.17) is 9.47 Å². The van der Waals surface area contributed by atoms with Gasteiger partial charge in [0.05, 0.1) is 13.2 Å². The number of carbonyl (C=O) groups excluding carboxylic acids is 2. The number of likely N-dealkylation sites (tertiary alicyclic amines) is 1. The average molecular weight is 415 g/mol. The molecule has 5 heteroatoms. The van der Waals surface area contributed by atoms with E-state index in [-0.39, 0.29) is 11.9 Å². The van der Waals surface area contributed by atoms with Crippen LogP contribution in [-0.2, 0) is 26.5 Å². The number of benzene rings is 3. The van der Waals surface area contributed by atoms with E-state index in [0.29, 0.717) is 18.5 Å². The molecule has 1 amide bonds. The summed E-state index contributed by atoms with van der Waals surface area (Å²) in [6.45, 7) is 1.75. The first-order chi connectivity index (χ1) is 15.0. The van der Waals surface area contributed by atoms with Crippen LogP contribution >= 0.6 is 0 Å². The van der Waals surface area contributed by atoms with Crippen LogP contribution in [0.3, 0.4) is 0 Å². The lowest BCUT2D eigenvalue weighted by Crippen LogP contribution is -2.41. The number of hydrogen-bond acceptors (Lipinski definition) is 4. The van der Waals surface area contributed by atoms with E-state index in [9.17, 15) is 9.59 Å². The molecule has 1 heterocycles. The predicted octanol–water partition coefficient (Wildman–Crippen LogP) is 4.63. The Bertz CT molecular complexity index is 1050. The fourth-order valence-corrected chi connectivity index (χ4v) is 4.26. The van der Waals surface area contributed by atoms with Crippen LogP contribution in [0.5, 0.6) is 5.75 Å². The van der Waals surface area contributed by atoms with Gasteiger partial charge in [-0.2, -0.15) is 0 Å². The molecule has 0 N–H and O–H groups in total. The lowest BCUT2D eigenvalue weighted by Gasteiger charge is -2.28. The van der Waals surface area contributed by atoms with Gasteiger partial charge in [-0.1, -0.05) is 72.8 Å². The number of esters is 1. The zero-order valence-electron chi connectivity index (χ0n) is 17.7. The van der Waals surface area contributed by atoms with Crippen molar-refractivity contribution < 1.29 is 19.1 Å². The normalized spacial score (nSPS) is 20.5. The van der Waals surface area contributed by atoms with Gasteiger partial charge in [-0.25, -0.2) is 0 Å². The van der Waals surface area contributed by atoms with Crippen molar-refractivity contribution in [3.63, 3.8) is 0 Å². The van der Waals surface area contributed by atoms with Crippen LogP contribution in [0.1, 0.15) is 36.1 Å². The lowest BCUT2D eigenvalue weighted by atomic mass is 9.88. The number of hydrogen-bond donors (Lipinski definition) is 0. The maximum Gasteiger partial charge on any atom is 0.304 e. The Morgan fingerprint density at radius 2 is 1.58 bits per heavy atom. The van der Waals surface area contributed by atoms with E-state index in [1.807, 2.05) is 89.8 Å². The summed E-state index contributed by atoms with van der Waals surface area (Å²) in [4.78, 5) is 27.8. The third-order valence-corrected chi connectivity index (χ3v) is 5.72. The van der Waals surface area contributed by atoms with E-state index in [1.165, 1.54) is 6.92 Å². The summed E-state index contributed by atoms with van der Waals surface area (Å²) in [6.07, 6.45) is 0.357. The molecule has 0 aromatic heterocycles. The van der Waals surface area contributed by atoms with Crippen LogP contribution in [0, 0.1) is 0 Å². The van der Waals surface area contributed by atoms with Gasteiger partial charge in [0.15, 0.2) is 0 Å². The average Bonchev–Trinajstić information content (AvgIpc) is 3.07. The highest BCUT2D eigenvalue weighted by Crippen LogP contribution is 2.47. The molecule has 2 atom stereocenters. The van der Waals surface area contributed by atoms with Gasteiger partial charge in [-0.3, -0.25) is 9.59 Å². The van der Waals surface area contributed by atoms with Gasteiger partial charge >= 0.3 is 5.97 Å². The van der Waals surface area contributed by atoms with Crippen molar-refractivity contribution in [1.82, 2.24) is 4.90 Å². The van der Waals surface area contributed by atoms with E-state index < -0.39 is 11.6 Å². The van der Waals surface area contributed by atoms with Crippen LogP contribution in [0.25, 0.3) is 0 Å². The second kappa shape index (κ2) is 8.64. The first kappa shape index (κ1) is 20.7. The fourth-order valence-electron chi connectivity index (χ4n) is 4.26. The molecule has 1 saturated heterocycles. The molecule has 5 nitrogen and oxygen atoms in total. The smallest absolute Gasteiger partial charge is 0.304 e. The Morgan fingerprint density at radius 3 is 2.16 bits per heavy atom. The van der Waals surface area contributed by atoms with Crippen LogP contribution < -0.4 is 4.74 Å². The summed E-state index contributed by atoms with van der Waals surface area (Å²) >= 11 is 0. The van der Waals surface area contributed by atoms with Crippen molar-refractivity contribution in [2.45, 2.75) is 31.5 Å². The molecule has 1 aliphatic rings. The molecule has 0 spiro atoms. The van der Waals surface area contributed by atoms with Crippen LogP contribution in [-0.4, -0.2) is 23.9 Å². The number of ether oxygens (including phenoxy) is 2. The molecule has 1 aliphatic heterocycles. The monoisotopic (exact) mass is 415 g/mol. The molecule has 0 saturated carbocycles. The second-order valence-corrected chi connectivity index (χ2v) is 7.70. The van der Waals surface area contributed by atoms with Gasteiger partial charge in [-0.05, 0) is 23.3 Å². The van der Waals surface area contributed by atoms with E-state index >= 15 is 0 Å². The molecular formula is C26H25NO4. The zero-order valence-corrected chi connectivity index (χ0v) is 17.7. The Labute approximate surface area is 182 Å². The first-order valence-corrected chi connectivity index (χ1v) is 10.3. The predicted molar refractivity (Wildman–Crippen MR) is 117 cm³/mol. The van der Waals surface area contributed by atoms with Gasteiger partial charge < -0.3 is 14.4 Å². The van der Waals surface area contributed by atoms with Gasteiger partial charge in [0.1, 0.15) is 5.75 Å². The van der Waals surface area contributed by atoms with Crippen LogP contribution in [0.15, 0.2) is 84.9 Å². The van der Waals surface area contributed by atoms with Gasteiger partial charge in [0, 0.05) is 25.5 Å². The number of methoxy groups -OCH3 is 1. The van der Waals surface area contributed by atoms with Crippen LogP contribution in [0.4, 0.5) is 0 Å². The summed E-state index contributed by atoms with van der Waals surface area (Å²) in [7, 11) is 1.62. The topological polar surface area (TPSA) is 55.8 Å². The second-order valence-electron chi connectivity index (χ2n) is 7.70. The zero-order chi connectivity index (χ0) is 21.8. The molecule has 0 bridgehead atoms. The van der Waals surface area contributed by atoms with Gasteiger partial charge in [0.25, 0.3) is 5.91 Å². The molecule has 3 aromatic carbocycles. The van der Waals surface area contributed by atoms with E-state index in [2.05, 4.69) is 0 Å². The maximum absolute atomic E-state index is 13.9.